The third-order valence-corrected chi connectivity index (χ3v) is 2.62. The zero-order valence-electron chi connectivity index (χ0n) is 10.4. The second kappa shape index (κ2) is 6.91. The SMILES string of the molecule is CCN(C)C(=O)Nc1cccc(CCCO)c1. The molecule has 17 heavy (non-hydrogen) atoms. The number of rotatable bonds is 5. The van der Waals surface area contributed by atoms with Crippen LogP contribution in [0.3, 0.4) is 0 Å². The van der Waals surface area contributed by atoms with Gasteiger partial charge >= 0.3 is 6.03 Å². The summed E-state index contributed by atoms with van der Waals surface area (Å²) in [5, 5.41) is 11.6. The standard InChI is InChI=1S/C13H20N2O2/c1-3-15(2)13(17)14-12-8-4-6-11(10-12)7-5-9-16/h4,6,8,10,16H,3,5,7,9H2,1-2H3,(H,14,17). The predicted octanol–water partition coefficient (Wildman–Crippen LogP) is 2.10. The predicted molar refractivity (Wildman–Crippen MR) is 69.2 cm³/mol. The van der Waals surface area contributed by atoms with Crippen LogP contribution >= 0.6 is 0 Å². The number of nitrogens with zero attached hydrogens (tertiary/aromatic N) is 1. The minimum absolute atomic E-state index is 0.105. The fraction of sp³-hybridized carbons (Fsp3) is 0.462. The third-order valence-electron chi connectivity index (χ3n) is 2.62. The van der Waals surface area contributed by atoms with Crippen molar-refractivity contribution in [1.82, 2.24) is 4.90 Å². The summed E-state index contributed by atoms with van der Waals surface area (Å²) < 4.78 is 0. The van der Waals surface area contributed by atoms with Crippen LogP contribution in [0.1, 0.15) is 18.9 Å². The zero-order chi connectivity index (χ0) is 12.7. The smallest absolute Gasteiger partial charge is 0.321 e. The molecule has 0 heterocycles. The highest BCUT2D eigenvalue weighted by molar-refractivity contribution is 5.89. The molecule has 0 atom stereocenters. The Labute approximate surface area is 102 Å². The Morgan fingerprint density at radius 3 is 2.88 bits per heavy atom. The summed E-state index contributed by atoms with van der Waals surface area (Å²) in [5.74, 6) is 0. The molecule has 4 heteroatoms. The van der Waals surface area contributed by atoms with Gasteiger partial charge < -0.3 is 15.3 Å². The molecule has 4 nitrogen and oxygen atoms in total. The van der Waals surface area contributed by atoms with Crippen LogP contribution in [0, 0.1) is 0 Å². The Morgan fingerprint density at radius 1 is 1.47 bits per heavy atom. The maximum absolute atomic E-state index is 11.6. The highest BCUT2D eigenvalue weighted by atomic mass is 16.2. The maximum atomic E-state index is 11.6. The second-order valence-corrected chi connectivity index (χ2v) is 3.97. The molecule has 1 aromatic carbocycles. The molecular formula is C13H20N2O2. The van der Waals surface area contributed by atoms with Crippen LogP contribution in [0.4, 0.5) is 10.5 Å². The number of amides is 2. The molecule has 0 spiro atoms. The largest absolute Gasteiger partial charge is 0.396 e. The normalized spacial score (nSPS) is 10.1. The number of carbonyl (C=O) groups is 1. The monoisotopic (exact) mass is 236 g/mol. The molecule has 0 fully saturated rings. The molecule has 2 N–H and O–H groups in total. The Hall–Kier alpha value is -1.55. The van der Waals surface area contributed by atoms with Crippen LogP contribution in [0.2, 0.25) is 0 Å². The summed E-state index contributed by atoms with van der Waals surface area (Å²) in [6, 6.07) is 7.61. The molecule has 1 aromatic rings. The quantitative estimate of drug-likeness (QED) is 0.822. The van der Waals surface area contributed by atoms with Crippen LogP contribution in [-0.4, -0.2) is 36.2 Å². The van der Waals surface area contributed by atoms with Gasteiger partial charge in [-0.3, -0.25) is 0 Å². The van der Waals surface area contributed by atoms with Gasteiger partial charge in [-0.05, 0) is 37.5 Å². The molecule has 0 aromatic heterocycles. The summed E-state index contributed by atoms with van der Waals surface area (Å²) in [6.07, 6.45) is 1.57. The van der Waals surface area contributed by atoms with Crippen molar-refractivity contribution in [2.75, 3.05) is 25.5 Å². The van der Waals surface area contributed by atoms with E-state index in [1.54, 1.807) is 11.9 Å². The molecule has 0 bridgehead atoms. The van der Waals surface area contributed by atoms with E-state index in [0.29, 0.717) is 6.54 Å². The van der Waals surface area contributed by atoms with Gasteiger partial charge in [0.15, 0.2) is 0 Å². The van der Waals surface area contributed by atoms with Gasteiger partial charge in [0.2, 0.25) is 0 Å². The van der Waals surface area contributed by atoms with Crippen molar-refractivity contribution >= 4 is 11.7 Å². The number of hydrogen-bond acceptors (Lipinski definition) is 2. The van der Waals surface area contributed by atoms with Crippen LogP contribution in [0.15, 0.2) is 24.3 Å². The first kappa shape index (κ1) is 13.5. The number of urea groups is 1. The Bertz CT molecular complexity index is 366. The van der Waals surface area contributed by atoms with E-state index in [-0.39, 0.29) is 12.6 Å². The van der Waals surface area contributed by atoms with Crippen LogP contribution in [0.25, 0.3) is 0 Å². The van der Waals surface area contributed by atoms with E-state index in [9.17, 15) is 4.79 Å². The lowest BCUT2D eigenvalue weighted by atomic mass is 10.1. The minimum atomic E-state index is -0.105. The minimum Gasteiger partial charge on any atom is -0.396 e. The van der Waals surface area contributed by atoms with Crippen molar-refractivity contribution in [3.63, 3.8) is 0 Å². The first-order valence-electron chi connectivity index (χ1n) is 5.89. The van der Waals surface area contributed by atoms with E-state index in [1.165, 1.54) is 0 Å². The highest BCUT2D eigenvalue weighted by Crippen LogP contribution is 2.12. The lowest BCUT2D eigenvalue weighted by molar-refractivity contribution is 0.224. The van der Waals surface area contributed by atoms with Gasteiger partial charge in [0, 0.05) is 25.9 Å². The fourth-order valence-corrected chi connectivity index (χ4v) is 1.45. The lowest BCUT2D eigenvalue weighted by Crippen LogP contribution is -2.30. The number of anilines is 1. The van der Waals surface area contributed by atoms with E-state index in [1.807, 2.05) is 31.2 Å². The van der Waals surface area contributed by atoms with Crippen molar-refractivity contribution < 1.29 is 9.90 Å². The summed E-state index contributed by atoms with van der Waals surface area (Å²) in [4.78, 5) is 13.3. The summed E-state index contributed by atoms with van der Waals surface area (Å²) in [6.45, 7) is 2.79. The van der Waals surface area contributed by atoms with Crippen molar-refractivity contribution in [3.8, 4) is 0 Å². The third kappa shape index (κ3) is 4.44. The molecular weight excluding hydrogens is 216 g/mol. The molecule has 0 saturated carbocycles. The Kier molecular flexibility index (Phi) is 5.49. The molecule has 0 aliphatic heterocycles. The Morgan fingerprint density at radius 2 is 2.24 bits per heavy atom. The van der Waals surface area contributed by atoms with Crippen molar-refractivity contribution in [1.29, 1.82) is 0 Å². The lowest BCUT2D eigenvalue weighted by Gasteiger charge is -2.15. The molecule has 0 saturated heterocycles. The van der Waals surface area contributed by atoms with Gasteiger partial charge in [-0.15, -0.1) is 0 Å². The van der Waals surface area contributed by atoms with E-state index in [0.717, 1.165) is 24.1 Å². The second-order valence-electron chi connectivity index (χ2n) is 3.97. The van der Waals surface area contributed by atoms with Crippen LogP contribution in [0.5, 0.6) is 0 Å². The van der Waals surface area contributed by atoms with Gasteiger partial charge in [-0.2, -0.15) is 0 Å². The Balaban J connectivity index is 2.62. The number of aliphatic hydroxyl groups excluding tert-OH is 1. The number of aliphatic hydroxyl groups is 1. The molecule has 1 rings (SSSR count). The molecule has 0 aliphatic rings. The highest BCUT2D eigenvalue weighted by Gasteiger charge is 2.06. The van der Waals surface area contributed by atoms with Gasteiger partial charge in [-0.25, -0.2) is 4.79 Å². The summed E-state index contributed by atoms with van der Waals surface area (Å²) in [7, 11) is 1.75. The number of aryl methyl sites for hydroxylation is 1. The van der Waals surface area contributed by atoms with Crippen molar-refractivity contribution in [2.24, 2.45) is 0 Å². The molecule has 0 radical (unpaired) electrons. The van der Waals surface area contributed by atoms with E-state index >= 15 is 0 Å². The van der Waals surface area contributed by atoms with E-state index < -0.39 is 0 Å². The van der Waals surface area contributed by atoms with Crippen molar-refractivity contribution in [2.45, 2.75) is 19.8 Å². The molecule has 0 unspecified atom stereocenters. The molecule has 0 aliphatic carbocycles. The van der Waals surface area contributed by atoms with Crippen LogP contribution in [-0.2, 0) is 6.42 Å². The van der Waals surface area contributed by atoms with Gasteiger partial charge in [-0.1, -0.05) is 12.1 Å². The number of carbonyl (C=O) groups excluding carboxylic acids is 1. The summed E-state index contributed by atoms with van der Waals surface area (Å²) in [5.41, 5.74) is 1.92. The number of benzene rings is 1. The van der Waals surface area contributed by atoms with Crippen molar-refractivity contribution in [3.05, 3.63) is 29.8 Å². The first-order valence-corrected chi connectivity index (χ1v) is 5.89. The maximum Gasteiger partial charge on any atom is 0.321 e. The average Bonchev–Trinajstić information content (AvgIpc) is 2.35. The molecule has 94 valence electrons. The van der Waals surface area contributed by atoms with Gasteiger partial charge in [0.25, 0.3) is 0 Å². The molecule has 2 amide bonds. The van der Waals surface area contributed by atoms with Gasteiger partial charge in [0.05, 0.1) is 0 Å². The zero-order valence-corrected chi connectivity index (χ0v) is 10.4. The first-order chi connectivity index (χ1) is 8.17. The van der Waals surface area contributed by atoms with Gasteiger partial charge in [0.1, 0.15) is 0 Å². The topological polar surface area (TPSA) is 52.6 Å². The number of hydrogen-bond donors (Lipinski definition) is 2. The van der Waals surface area contributed by atoms with Crippen LogP contribution < -0.4 is 5.32 Å². The van der Waals surface area contributed by atoms with E-state index in [2.05, 4.69) is 5.32 Å². The summed E-state index contributed by atoms with van der Waals surface area (Å²) >= 11 is 0. The average molecular weight is 236 g/mol. The fourth-order valence-electron chi connectivity index (χ4n) is 1.45. The van der Waals surface area contributed by atoms with E-state index in [4.69, 9.17) is 5.11 Å². The number of nitrogens with one attached hydrogen (secondary N) is 1.